The lowest BCUT2D eigenvalue weighted by Crippen LogP contribution is -2.38. The second-order valence-electron chi connectivity index (χ2n) is 6.29. The van der Waals surface area contributed by atoms with Crippen molar-refractivity contribution in [1.29, 1.82) is 0 Å². The van der Waals surface area contributed by atoms with Crippen LogP contribution in [0.4, 0.5) is 0 Å². The molecule has 0 spiro atoms. The first-order valence-electron chi connectivity index (χ1n) is 7.74. The van der Waals surface area contributed by atoms with Crippen LogP contribution in [0.5, 0.6) is 0 Å². The maximum absolute atomic E-state index is 4.92. The van der Waals surface area contributed by atoms with Crippen molar-refractivity contribution in [3.63, 3.8) is 0 Å². The topological polar surface area (TPSA) is 27.6 Å². The molecule has 0 unspecified atom stereocenters. The van der Waals surface area contributed by atoms with Crippen LogP contribution in [0.1, 0.15) is 38.2 Å². The molecule has 0 amide bonds. The zero-order chi connectivity index (χ0) is 14.0. The van der Waals surface area contributed by atoms with E-state index in [1.807, 2.05) is 0 Å². The van der Waals surface area contributed by atoms with Crippen molar-refractivity contribution in [2.24, 2.45) is 16.3 Å². The minimum atomic E-state index is 0. The van der Waals surface area contributed by atoms with Crippen molar-refractivity contribution >= 4 is 41.3 Å². The Morgan fingerprint density at radius 1 is 1.48 bits per heavy atom. The van der Waals surface area contributed by atoms with Gasteiger partial charge in [0.25, 0.3) is 0 Å². The summed E-state index contributed by atoms with van der Waals surface area (Å²) in [5.41, 5.74) is 1.95. The molecule has 21 heavy (non-hydrogen) atoms. The van der Waals surface area contributed by atoms with Crippen LogP contribution in [0.15, 0.2) is 21.8 Å². The predicted molar refractivity (Wildman–Crippen MR) is 102 cm³/mol. The number of nitrogens with zero attached hydrogens (tertiary/aromatic N) is 2. The second kappa shape index (κ2) is 7.31. The molecule has 1 N–H and O–H groups in total. The summed E-state index contributed by atoms with van der Waals surface area (Å²) >= 11 is 1.76. The third-order valence-electron chi connectivity index (χ3n) is 4.58. The molecule has 3 nitrogen and oxygen atoms in total. The van der Waals surface area contributed by atoms with Crippen LogP contribution in [0.2, 0.25) is 0 Å². The van der Waals surface area contributed by atoms with Crippen LogP contribution in [0.3, 0.4) is 0 Å². The molecule has 0 atom stereocenters. The van der Waals surface area contributed by atoms with Gasteiger partial charge in [0.2, 0.25) is 0 Å². The molecule has 2 aliphatic carbocycles. The number of nitrogens with one attached hydrogen (secondary N) is 1. The average Bonchev–Trinajstić information content (AvgIpc) is 3.34. The number of aliphatic imine (C=N–C) groups is 1. The molecule has 0 aliphatic heterocycles. The van der Waals surface area contributed by atoms with Crippen molar-refractivity contribution in [1.82, 2.24) is 10.2 Å². The molecule has 118 valence electrons. The summed E-state index contributed by atoms with van der Waals surface area (Å²) < 4.78 is 0. The molecule has 2 saturated carbocycles. The quantitative estimate of drug-likeness (QED) is 0.430. The van der Waals surface area contributed by atoms with Gasteiger partial charge in [-0.15, -0.1) is 24.0 Å². The molecule has 0 bridgehead atoms. The average molecular weight is 419 g/mol. The fraction of sp³-hybridized carbons (Fsp3) is 0.688. The van der Waals surface area contributed by atoms with Gasteiger partial charge in [0, 0.05) is 26.7 Å². The van der Waals surface area contributed by atoms with Crippen molar-refractivity contribution in [2.45, 2.75) is 39.2 Å². The van der Waals surface area contributed by atoms with Gasteiger partial charge in [-0.3, -0.25) is 4.99 Å². The van der Waals surface area contributed by atoms with Gasteiger partial charge >= 0.3 is 0 Å². The molecule has 0 saturated heterocycles. The molecule has 1 heterocycles. The molecule has 1 aromatic rings. The minimum absolute atomic E-state index is 0. The Kier molecular flexibility index (Phi) is 5.94. The lowest BCUT2D eigenvalue weighted by atomic mass is 10.0. The van der Waals surface area contributed by atoms with E-state index < -0.39 is 0 Å². The molecular weight excluding hydrogens is 393 g/mol. The maximum atomic E-state index is 4.92. The standard InChI is InChI=1S/C16H25N3S.HI/c1-3-17-15(19(2)10-13-6-9-20-11-13)18-12-16(7-8-16)14-4-5-14;/h6,9,11,14H,3-5,7-8,10,12H2,1-2H3,(H,17,18);1H. The Bertz CT molecular complexity index is 464. The summed E-state index contributed by atoms with van der Waals surface area (Å²) in [6.07, 6.45) is 5.68. The first kappa shape index (κ1) is 17.1. The van der Waals surface area contributed by atoms with E-state index in [2.05, 4.69) is 41.0 Å². The van der Waals surface area contributed by atoms with E-state index in [1.165, 1.54) is 31.2 Å². The van der Waals surface area contributed by atoms with Gasteiger partial charge < -0.3 is 10.2 Å². The van der Waals surface area contributed by atoms with Gasteiger partial charge in [-0.05, 0) is 66.3 Å². The summed E-state index contributed by atoms with van der Waals surface area (Å²) in [5, 5.41) is 7.79. The second-order valence-corrected chi connectivity index (χ2v) is 7.07. The van der Waals surface area contributed by atoms with Gasteiger partial charge in [-0.2, -0.15) is 11.3 Å². The fourth-order valence-electron chi connectivity index (χ4n) is 2.99. The first-order chi connectivity index (χ1) is 9.73. The Balaban J connectivity index is 0.00000161. The lowest BCUT2D eigenvalue weighted by Gasteiger charge is -2.22. The molecule has 0 aromatic carbocycles. The van der Waals surface area contributed by atoms with Gasteiger partial charge in [0.1, 0.15) is 0 Å². The van der Waals surface area contributed by atoms with E-state index in [0.717, 1.165) is 31.5 Å². The predicted octanol–water partition coefficient (Wildman–Crippen LogP) is 3.95. The van der Waals surface area contributed by atoms with Crippen LogP contribution in [0.25, 0.3) is 0 Å². The third kappa shape index (κ3) is 4.34. The summed E-state index contributed by atoms with van der Waals surface area (Å²) in [6, 6.07) is 2.19. The Labute approximate surface area is 149 Å². The molecule has 2 fully saturated rings. The lowest BCUT2D eigenvalue weighted by molar-refractivity contribution is 0.436. The van der Waals surface area contributed by atoms with Crippen molar-refractivity contribution in [3.05, 3.63) is 22.4 Å². The summed E-state index contributed by atoms with van der Waals surface area (Å²) in [5.74, 6) is 2.04. The maximum Gasteiger partial charge on any atom is 0.193 e. The van der Waals surface area contributed by atoms with Crippen molar-refractivity contribution in [2.75, 3.05) is 20.1 Å². The first-order valence-corrected chi connectivity index (χ1v) is 8.68. The number of hydrogen-bond acceptors (Lipinski definition) is 2. The fourth-order valence-corrected chi connectivity index (χ4v) is 3.64. The van der Waals surface area contributed by atoms with Gasteiger partial charge in [-0.25, -0.2) is 0 Å². The highest BCUT2D eigenvalue weighted by atomic mass is 127. The minimum Gasteiger partial charge on any atom is -0.357 e. The molecule has 5 heteroatoms. The zero-order valence-electron chi connectivity index (χ0n) is 13.0. The van der Waals surface area contributed by atoms with E-state index in [9.17, 15) is 0 Å². The third-order valence-corrected chi connectivity index (χ3v) is 5.31. The highest BCUT2D eigenvalue weighted by Crippen LogP contribution is 2.61. The monoisotopic (exact) mass is 419 g/mol. The highest BCUT2D eigenvalue weighted by Gasteiger charge is 2.53. The molecule has 1 aromatic heterocycles. The normalized spacial score (nSPS) is 19.8. The molecule has 2 aliphatic rings. The van der Waals surface area contributed by atoms with E-state index in [0.29, 0.717) is 5.41 Å². The zero-order valence-corrected chi connectivity index (χ0v) is 16.1. The Morgan fingerprint density at radius 2 is 2.24 bits per heavy atom. The van der Waals surface area contributed by atoms with Gasteiger partial charge in [0.05, 0.1) is 0 Å². The SMILES string of the molecule is CCNC(=NCC1(C2CC2)CC1)N(C)Cc1ccsc1.I. The number of hydrogen-bond donors (Lipinski definition) is 1. The van der Waals surface area contributed by atoms with Crippen LogP contribution in [0, 0.1) is 11.3 Å². The van der Waals surface area contributed by atoms with Crippen LogP contribution in [-0.2, 0) is 6.54 Å². The molecule has 3 rings (SSSR count). The molecule has 0 radical (unpaired) electrons. The van der Waals surface area contributed by atoms with E-state index in [4.69, 9.17) is 4.99 Å². The summed E-state index contributed by atoms with van der Waals surface area (Å²) in [7, 11) is 2.13. The van der Waals surface area contributed by atoms with Crippen LogP contribution in [-0.4, -0.2) is 31.0 Å². The van der Waals surface area contributed by atoms with Crippen LogP contribution < -0.4 is 5.32 Å². The van der Waals surface area contributed by atoms with Gasteiger partial charge in [-0.1, -0.05) is 0 Å². The van der Waals surface area contributed by atoms with Crippen LogP contribution >= 0.6 is 35.3 Å². The van der Waals surface area contributed by atoms with Crippen molar-refractivity contribution < 1.29 is 0 Å². The molecular formula is C16H26IN3S. The van der Waals surface area contributed by atoms with E-state index >= 15 is 0 Å². The largest absolute Gasteiger partial charge is 0.357 e. The number of rotatable bonds is 6. The Morgan fingerprint density at radius 3 is 2.76 bits per heavy atom. The van der Waals surface area contributed by atoms with E-state index in [-0.39, 0.29) is 24.0 Å². The summed E-state index contributed by atoms with van der Waals surface area (Å²) in [6.45, 7) is 5.03. The smallest absolute Gasteiger partial charge is 0.193 e. The number of halogens is 1. The van der Waals surface area contributed by atoms with Crippen molar-refractivity contribution in [3.8, 4) is 0 Å². The van der Waals surface area contributed by atoms with Gasteiger partial charge in [0.15, 0.2) is 5.96 Å². The Hall–Kier alpha value is -0.300. The highest BCUT2D eigenvalue weighted by molar-refractivity contribution is 14.0. The summed E-state index contributed by atoms with van der Waals surface area (Å²) in [4.78, 5) is 7.17. The van der Waals surface area contributed by atoms with E-state index in [1.54, 1.807) is 11.3 Å². The number of guanidine groups is 1. The number of thiophene rings is 1.